The molecule has 1 aromatic rings. The molecule has 1 aromatic carbocycles. The normalized spacial score (nSPS) is 15.8. The van der Waals surface area contributed by atoms with Crippen molar-refractivity contribution in [2.45, 2.75) is 32.7 Å². The molecule has 0 saturated carbocycles. The van der Waals surface area contributed by atoms with Gasteiger partial charge in [-0.1, -0.05) is 12.1 Å². The molecule has 2 N–H and O–H groups in total. The maximum atomic E-state index is 12.8. The van der Waals surface area contributed by atoms with Crippen LogP contribution in [0.15, 0.2) is 12.1 Å². The number of benzene rings is 1. The molecule has 0 spiro atoms. The van der Waals surface area contributed by atoms with E-state index in [0.717, 1.165) is 25.9 Å². The monoisotopic (exact) mass is 290 g/mol. The predicted octanol–water partition coefficient (Wildman–Crippen LogP) is 1.83. The minimum atomic E-state index is -1.04. The average molecular weight is 290 g/mol. The van der Waals surface area contributed by atoms with Crippen molar-refractivity contribution < 1.29 is 14.7 Å². The molecule has 0 aromatic heterocycles. The topological polar surface area (TPSA) is 69.6 Å². The zero-order valence-electron chi connectivity index (χ0n) is 12.8. The molecule has 114 valence electrons. The van der Waals surface area contributed by atoms with Gasteiger partial charge in [0.1, 0.15) is 0 Å². The van der Waals surface area contributed by atoms with E-state index in [4.69, 9.17) is 0 Å². The summed E-state index contributed by atoms with van der Waals surface area (Å²) in [6.07, 6.45) is 1.80. The van der Waals surface area contributed by atoms with Crippen molar-refractivity contribution in [1.82, 2.24) is 10.2 Å². The molecule has 21 heavy (non-hydrogen) atoms. The van der Waals surface area contributed by atoms with Crippen LogP contribution in [0.3, 0.4) is 0 Å². The SMILES string of the molecule is Cc1ccc(C)c(C(=O)N(C)C2CCNCC2)c1C(=O)O. The first-order valence-electron chi connectivity index (χ1n) is 7.25. The molecule has 0 unspecified atom stereocenters. The summed E-state index contributed by atoms with van der Waals surface area (Å²) in [4.78, 5) is 26.0. The average Bonchev–Trinajstić information content (AvgIpc) is 2.48. The van der Waals surface area contributed by atoms with Crippen molar-refractivity contribution in [2.24, 2.45) is 0 Å². The molecule has 2 rings (SSSR count). The number of amides is 1. The third kappa shape index (κ3) is 3.08. The lowest BCUT2D eigenvalue weighted by atomic mass is 9.95. The van der Waals surface area contributed by atoms with Gasteiger partial charge in [-0.25, -0.2) is 4.79 Å². The van der Waals surface area contributed by atoms with Crippen molar-refractivity contribution in [2.75, 3.05) is 20.1 Å². The van der Waals surface area contributed by atoms with Crippen LogP contribution in [0.5, 0.6) is 0 Å². The summed E-state index contributed by atoms with van der Waals surface area (Å²) in [5, 5.41) is 12.7. The summed E-state index contributed by atoms with van der Waals surface area (Å²) in [5.41, 5.74) is 1.78. The van der Waals surface area contributed by atoms with Crippen LogP contribution < -0.4 is 5.32 Å². The number of carboxylic acid groups (broad SMARTS) is 1. The van der Waals surface area contributed by atoms with Gasteiger partial charge in [-0.15, -0.1) is 0 Å². The fourth-order valence-electron chi connectivity index (χ4n) is 2.90. The first-order valence-corrected chi connectivity index (χ1v) is 7.25. The molecule has 5 nitrogen and oxygen atoms in total. The summed E-state index contributed by atoms with van der Waals surface area (Å²) in [6.45, 7) is 5.29. The molecule has 1 fully saturated rings. The van der Waals surface area contributed by atoms with Crippen LogP contribution in [0.2, 0.25) is 0 Å². The van der Waals surface area contributed by atoms with Gasteiger partial charge in [0, 0.05) is 13.1 Å². The summed E-state index contributed by atoms with van der Waals surface area (Å²) in [7, 11) is 1.77. The van der Waals surface area contributed by atoms with Gasteiger partial charge in [0.15, 0.2) is 0 Å². The second kappa shape index (κ2) is 6.26. The van der Waals surface area contributed by atoms with E-state index in [0.29, 0.717) is 16.7 Å². The molecule has 0 bridgehead atoms. The Kier molecular flexibility index (Phi) is 4.63. The lowest BCUT2D eigenvalue weighted by molar-refractivity contribution is 0.0656. The molecule has 1 aliphatic rings. The number of carbonyl (C=O) groups is 2. The van der Waals surface area contributed by atoms with Crippen molar-refractivity contribution in [1.29, 1.82) is 0 Å². The predicted molar refractivity (Wildman–Crippen MR) is 80.9 cm³/mol. The van der Waals surface area contributed by atoms with Crippen molar-refractivity contribution in [3.63, 3.8) is 0 Å². The number of carbonyl (C=O) groups excluding carboxylic acids is 1. The maximum Gasteiger partial charge on any atom is 0.336 e. The van der Waals surface area contributed by atoms with Crippen LogP contribution in [-0.2, 0) is 0 Å². The van der Waals surface area contributed by atoms with E-state index in [2.05, 4.69) is 5.32 Å². The molecular weight excluding hydrogens is 268 g/mol. The summed E-state index contributed by atoms with van der Waals surface area (Å²) < 4.78 is 0. The fourth-order valence-corrected chi connectivity index (χ4v) is 2.90. The highest BCUT2D eigenvalue weighted by Crippen LogP contribution is 2.22. The molecule has 1 heterocycles. The highest BCUT2D eigenvalue weighted by molar-refractivity contribution is 6.06. The molecule has 1 aliphatic heterocycles. The van der Waals surface area contributed by atoms with Gasteiger partial charge >= 0.3 is 5.97 Å². The number of nitrogens with zero attached hydrogens (tertiary/aromatic N) is 1. The number of piperidine rings is 1. The van der Waals surface area contributed by atoms with Gasteiger partial charge in [-0.3, -0.25) is 4.79 Å². The number of rotatable bonds is 3. The van der Waals surface area contributed by atoms with E-state index in [1.165, 1.54) is 0 Å². The van der Waals surface area contributed by atoms with E-state index in [9.17, 15) is 14.7 Å². The molecular formula is C16H22N2O3. The van der Waals surface area contributed by atoms with E-state index in [-0.39, 0.29) is 17.5 Å². The Labute approximate surface area is 125 Å². The summed E-state index contributed by atoms with van der Waals surface area (Å²) in [5.74, 6) is -1.24. The van der Waals surface area contributed by atoms with Gasteiger partial charge in [-0.2, -0.15) is 0 Å². The Hall–Kier alpha value is -1.88. The quantitative estimate of drug-likeness (QED) is 0.891. The standard InChI is InChI=1S/C16H22N2O3/c1-10-4-5-11(2)14(16(20)21)13(10)15(19)18(3)12-6-8-17-9-7-12/h4-5,12,17H,6-9H2,1-3H3,(H,20,21). The van der Waals surface area contributed by atoms with Gasteiger partial charge in [0.2, 0.25) is 0 Å². The molecule has 1 amide bonds. The van der Waals surface area contributed by atoms with Gasteiger partial charge in [-0.05, 0) is 50.9 Å². The molecule has 0 radical (unpaired) electrons. The molecule has 0 aliphatic carbocycles. The Balaban J connectivity index is 2.38. The third-order valence-corrected chi connectivity index (χ3v) is 4.23. The van der Waals surface area contributed by atoms with Crippen LogP contribution in [-0.4, -0.2) is 48.1 Å². The van der Waals surface area contributed by atoms with Crippen molar-refractivity contribution in [3.8, 4) is 0 Å². The lowest BCUT2D eigenvalue weighted by Gasteiger charge is -2.32. The van der Waals surface area contributed by atoms with E-state index >= 15 is 0 Å². The van der Waals surface area contributed by atoms with E-state index in [1.807, 2.05) is 6.07 Å². The van der Waals surface area contributed by atoms with Gasteiger partial charge in [0.25, 0.3) is 5.91 Å². The van der Waals surface area contributed by atoms with E-state index < -0.39 is 5.97 Å². The lowest BCUT2D eigenvalue weighted by Crippen LogP contribution is -2.44. The highest BCUT2D eigenvalue weighted by Gasteiger charge is 2.28. The molecule has 5 heteroatoms. The smallest absolute Gasteiger partial charge is 0.336 e. The molecule has 1 saturated heterocycles. The van der Waals surface area contributed by atoms with Crippen LogP contribution in [0, 0.1) is 13.8 Å². The highest BCUT2D eigenvalue weighted by atomic mass is 16.4. The number of carboxylic acids is 1. The largest absolute Gasteiger partial charge is 0.478 e. The van der Waals surface area contributed by atoms with E-state index in [1.54, 1.807) is 31.9 Å². The van der Waals surface area contributed by atoms with Gasteiger partial charge < -0.3 is 15.3 Å². The first-order chi connectivity index (χ1) is 9.93. The number of aromatic carboxylic acids is 1. The summed E-state index contributed by atoms with van der Waals surface area (Å²) in [6, 6.07) is 3.73. The maximum absolute atomic E-state index is 12.8. The minimum Gasteiger partial charge on any atom is -0.478 e. The van der Waals surface area contributed by atoms with Crippen LogP contribution in [0.25, 0.3) is 0 Å². The fraction of sp³-hybridized carbons (Fsp3) is 0.500. The second-order valence-electron chi connectivity index (χ2n) is 5.65. The number of aryl methyl sites for hydroxylation is 2. The number of nitrogens with one attached hydrogen (secondary N) is 1. The third-order valence-electron chi connectivity index (χ3n) is 4.23. The zero-order valence-corrected chi connectivity index (χ0v) is 12.8. The first kappa shape index (κ1) is 15.5. The Morgan fingerprint density at radius 3 is 2.19 bits per heavy atom. The number of hydrogen-bond donors (Lipinski definition) is 2. The van der Waals surface area contributed by atoms with Crippen LogP contribution >= 0.6 is 0 Å². The Morgan fingerprint density at radius 1 is 1.14 bits per heavy atom. The minimum absolute atomic E-state index is 0.126. The Morgan fingerprint density at radius 2 is 1.67 bits per heavy atom. The number of hydrogen-bond acceptors (Lipinski definition) is 3. The van der Waals surface area contributed by atoms with Crippen LogP contribution in [0.1, 0.15) is 44.7 Å². The van der Waals surface area contributed by atoms with Crippen LogP contribution in [0.4, 0.5) is 0 Å². The van der Waals surface area contributed by atoms with Crippen molar-refractivity contribution in [3.05, 3.63) is 34.4 Å². The summed E-state index contributed by atoms with van der Waals surface area (Å²) >= 11 is 0. The molecule has 0 atom stereocenters. The van der Waals surface area contributed by atoms with Crippen molar-refractivity contribution >= 4 is 11.9 Å². The van der Waals surface area contributed by atoms with Gasteiger partial charge in [0.05, 0.1) is 11.1 Å². The Bertz CT molecular complexity index is 563. The second-order valence-corrected chi connectivity index (χ2v) is 5.65. The zero-order chi connectivity index (χ0) is 15.6.